The molecule has 0 fully saturated rings. The summed E-state index contributed by atoms with van der Waals surface area (Å²) in [5, 5.41) is 19.5. The maximum Gasteiger partial charge on any atom is 0.336 e. The van der Waals surface area contributed by atoms with E-state index in [-0.39, 0.29) is 0 Å². The molecule has 1 atom stereocenters. The van der Waals surface area contributed by atoms with E-state index < -0.39 is 11.6 Å². The average Bonchev–Trinajstić information content (AvgIpc) is 2.38. The molecule has 0 amide bonds. The average molecular weight is 263 g/mol. The number of rotatable bonds is 4. The van der Waals surface area contributed by atoms with Gasteiger partial charge in [-0.15, -0.1) is 0 Å². The normalized spacial score (nSPS) is 17.7. The van der Waals surface area contributed by atoms with Crippen LogP contribution in [0.2, 0.25) is 0 Å². The number of benzene rings is 1. The SMILES string of the molecule is CCC(C)(O)CN1CCCc2c(C(=O)O)cccc21. The van der Waals surface area contributed by atoms with E-state index in [0.29, 0.717) is 18.5 Å². The highest BCUT2D eigenvalue weighted by atomic mass is 16.4. The van der Waals surface area contributed by atoms with Gasteiger partial charge in [0.25, 0.3) is 0 Å². The van der Waals surface area contributed by atoms with E-state index in [1.54, 1.807) is 12.1 Å². The Kier molecular flexibility index (Phi) is 3.80. The van der Waals surface area contributed by atoms with Crippen molar-refractivity contribution in [2.45, 2.75) is 38.7 Å². The highest BCUT2D eigenvalue weighted by Gasteiger charge is 2.27. The van der Waals surface area contributed by atoms with Crippen molar-refractivity contribution in [3.05, 3.63) is 29.3 Å². The Hall–Kier alpha value is -1.55. The van der Waals surface area contributed by atoms with Crippen molar-refractivity contribution >= 4 is 11.7 Å². The molecule has 0 spiro atoms. The smallest absolute Gasteiger partial charge is 0.336 e. The van der Waals surface area contributed by atoms with Crippen LogP contribution in [0.4, 0.5) is 5.69 Å². The standard InChI is InChI=1S/C15H21NO3/c1-3-15(2,19)10-16-9-5-7-11-12(14(17)18)6-4-8-13(11)16/h4,6,8,19H,3,5,7,9-10H2,1-2H3,(H,17,18). The molecule has 1 aliphatic heterocycles. The summed E-state index contributed by atoms with van der Waals surface area (Å²) >= 11 is 0. The van der Waals surface area contributed by atoms with Crippen LogP contribution in [0.3, 0.4) is 0 Å². The van der Waals surface area contributed by atoms with Crippen molar-refractivity contribution in [2.75, 3.05) is 18.0 Å². The number of anilines is 1. The summed E-state index contributed by atoms with van der Waals surface area (Å²) in [5.41, 5.74) is 1.50. The first-order chi connectivity index (χ1) is 8.94. The third-order valence-corrected chi connectivity index (χ3v) is 3.87. The number of nitrogens with zero attached hydrogens (tertiary/aromatic N) is 1. The summed E-state index contributed by atoms with van der Waals surface area (Å²) in [5.74, 6) is -0.874. The van der Waals surface area contributed by atoms with Gasteiger partial charge in [0.1, 0.15) is 0 Å². The van der Waals surface area contributed by atoms with E-state index in [4.69, 9.17) is 0 Å². The molecule has 2 rings (SSSR count). The zero-order valence-corrected chi connectivity index (χ0v) is 11.5. The Bertz CT molecular complexity index is 482. The molecule has 1 aromatic carbocycles. The molecule has 0 radical (unpaired) electrons. The van der Waals surface area contributed by atoms with Crippen LogP contribution in [0.5, 0.6) is 0 Å². The zero-order valence-electron chi connectivity index (χ0n) is 11.5. The molecular weight excluding hydrogens is 242 g/mol. The van der Waals surface area contributed by atoms with E-state index >= 15 is 0 Å². The van der Waals surface area contributed by atoms with Gasteiger partial charge in [-0.05, 0) is 43.9 Å². The molecule has 1 heterocycles. The van der Waals surface area contributed by atoms with Gasteiger partial charge in [-0.1, -0.05) is 13.0 Å². The number of carbonyl (C=O) groups is 1. The van der Waals surface area contributed by atoms with Crippen LogP contribution in [0.25, 0.3) is 0 Å². The lowest BCUT2D eigenvalue weighted by atomic mass is 9.94. The summed E-state index contributed by atoms with van der Waals surface area (Å²) < 4.78 is 0. The molecule has 1 aliphatic rings. The molecule has 0 saturated carbocycles. The molecule has 4 heteroatoms. The predicted octanol–water partition coefficient (Wildman–Crippen LogP) is 2.30. The Balaban J connectivity index is 2.35. The fourth-order valence-electron chi connectivity index (χ4n) is 2.59. The monoisotopic (exact) mass is 263 g/mol. The zero-order chi connectivity index (χ0) is 14.0. The van der Waals surface area contributed by atoms with Gasteiger partial charge in [0.05, 0.1) is 11.2 Å². The van der Waals surface area contributed by atoms with Crippen LogP contribution in [-0.2, 0) is 6.42 Å². The van der Waals surface area contributed by atoms with Crippen LogP contribution >= 0.6 is 0 Å². The van der Waals surface area contributed by atoms with E-state index in [1.807, 2.05) is 19.9 Å². The van der Waals surface area contributed by atoms with E-state index in [1.165, 1.54) is 0 Å². The van der Waals surface area contributed by atoms with E-state index in [0.717, 1.165) is 30.6 Å². The molecule has 0 bridgehead atoms. The Morgan fingerprint density at radius 3 is 2.84 bits per heavy atom. The number of β-amino-alcohol motifs (C(OH)–C–C–N with tert-alkyl or cyclic N) is 1. The number of hydrogen-bond acceptors (Lipinski definition) is 3. The lowest BCUT2D eigenvalue weighted by molar-refractivity contribution is 0.0626. The third kappa shape index (κ3) is 2.89. The molecule has 1 aromatic rings. The number of carboxylic acid groups (broad SMARTS) is 1. The third-order valence-electron chi connectivity index (χ3n) is 3.87. The second-order valence-electron chi connectivity index (χ2n) is 5.48. The topological polar surface area (TPSA) is 60.8 Å². The van der Waals surface area contributed by atoms with Gasteiger partial charge in [-0.3, -0.25) is 0 Å². The van der Waals surface area contributed by atoms with Crippen LogP contribution in [0.1, 0.15) is 42.6 Å². The molecule has 2 N–H and O–H groups in total. The molecule has 4 nitrogen and oxygen atoms in total. The quantitative estimate of drug-likeness (QED) is 0.875. The van der Waals surface area contributed by atoms with Crippen LogP contribution < -0.4 is 4.90 Å². The maximum absolute atomic E-state index is 11.3. The molecule has 19 heavy (non-hydrogen) atoms. The second-order valence-corrected chi connectivity index (χ2v) is 5.48. The lowest BCUT2D eigenvalue weighted by Gasteiger charge is -2.37. The van der Waals surface area contributed by atoms with Crippen molar-refractivity contribution in [3.8, 4) is 0 Å². The number of aromatic carboxylic acids is 1. The van der Waals surface area contributed by atoms with E-state index in [9.17, 15) is 15.0 Å². The Morgan fingerprint density at radius 1 is 1.47 bits per heavy atom. The maximum atomic E-state index is 11.3. The van der Waals surface area contributed by atoms with Crippen LogP contribution in [0.15, 0.2) is 18.2 Å². The van der Waals surface area contributed by atoms with Gasteiger partial charge in [0, 0.05) is 18.8 Å². The van der Waals surface area contributed by atoms with Crippen molar-refractivity contribution in [1.29, 1.82) is 0 Å². The van der Waals surface area contributed by atoms with Crippen LogP contribution in [0, 0.1) is 0 Å². The number of carboxylic acids is 1. The molecule has 1 unspecified atom stereocenters. The minimum absolute atomic E-state index is 0.387. The first kappa shape index (κ1) is 13.9. The fraction of sp³-hybridized carbons (Fsp3) is 0.533. The molecule has 0 saturated heterocycles. The second kappa shape index (κ2) is 5.21. The molecule has 104 valence electrons. The number of aliphatic hydroxyl groups is 1. The van der Waals surface area contributed by atoms with Gasteiger partial charge in [0.15, 0.2) is 0 Å². The molecular formula is C15H21NO3. The first-order valence-electron chi connectivity index (χ1n) is 6.77. The highest BCUT2D eigenvalue weighted by Crippen LogP contribution is 2.31. The number of hydrogen-bond donors (Lipinski definition) is 2. The van der Waals surface area contributed by atoms with Crippen molar-refractivity contribution in [2.24, 2.45) is 0 Å². The summed E-state index contributed by atoms with van der Waals surface area (Å²) in [6.45, 7) is 5.19. The highest BCUT2D eigenvalue weighted by molar-refractivity contribution is 5.91. The minimum Gasteiger partial charge on any atom is -0.478 e. The number of fused-ring (bicyclic) bond motifs is 1. The van der Waals surface area contributed by atoms with E-state index in [2.05, 4.69) is 4.90 Å². The van der Waals surface area contributed by atoms with Gasteiger partial charge < -0.3 is 15.1 Å². The van der Waals surface area contributed by atoms with Crippen LogP contribution in [-0.4, -0.2) is 34.9 Å². The van der Waals surface area contributed by atoms with Crippen molar-refractivity contribution in [3.63, 3.8) is 0 Å². The van der Waals surface area contributed by atoms with Gasteiger partial charge in [-0.2, -0.15) is 0 Å². The Labute approximate surface area is 113 Å². The summed E-state index contributed by atoms with van der Waals surface area (Å²) in [6.07, 6.45) is 2.40. The molecule has 0 aliphatic carbocycles. The van der Waals surface area contributed by atoms with Gasteiger partial charge in [0.2, 0.25) is 0 Å². The molecule has 0 aromatic heterocycles. The first-order valence-corrected chi connectivity index (χ1v) is 6.77. The lowest BCUT2D eigenvalue weighted by Crippen LogP contribution is -2.43. The van der Waals surface area contributed by atoms with Crippen molar-refractivity contribution in [1.82, 2.24) is 0 Å². The van der Waals surface area contributed by atoms with Gasteiger partial charge >= 0.3 is 5.97 Å². The minimum atomic E-state index is -0.874. The summed E-state index contributed by atoms with van der Waals surface area (Å²) in [6, 6.07) is 5.39. The largest absolute Gasteiger partial charge is 0.478 e. The summed E-state index contributed by atoms with van der Waals surface area (Å²) in [4.78, 5) is 13.4. The Morgan fingerprint density at radius 2 is 2.21 bits per heavy atom. The summed E-state index contributed by atoms with van der Waals surface area (Å²) in [7, 11) is 0. The van der Waals surface area contributed by atoms with Crippen molar-refractivity contribution < 1.29 is 15.0 Å². The predicted molar refractivity (Wildman–Crippen MR) is 74.9 cm³/mol. The van der Waals surface area contributed by atoms with Gasteiger partial charge in [-0.25, -0.2) is 4.79 Å². The fourth-order valence-corrected chi connectivity index (χ4v) is 2.59.